The summed E-state index contributed by atoms with van der Waals surface area (Å²) >= 11 is 1.55. The molecule has 0 saturated carbocycles. The summed E-state index contributed by atoms with van der Waals surface area (Å²) in [6.07, 6.45) is 1.39. The maximum Gasteiger partial charge on any atom is 0.243 e. The Bertz CT molecular complexity index is 871. The number of benzene rings is 2. The van der Waals surface area contributed by atoms with Crippen molar-refractivity contribution in [1.82, 2.24) is 10.2 Å². The summed E-state index contributed by atoms with van der Waals surface area (Å²) < 4.78 is 10.4. The average Bonchev–Trinajstić information content (AvgIpc) is 2.84. The number of hydrogen-bond acceptors (Lipinski definition) is 5. The second kappa shape index (κ2) is 13.8. The van der Waals surface area contributed by atoms with Gasteiger partial charge in [-0.2, -0.15) is 0 Å². The van der Waals surface area contributed by atoms with Crippen LogP contribution in [0.4, 0.5) is 0 Å². The third-order valence-corrected chi connectivity index (χ3v) is 6.54. The van der Waals surface area contributed by atoms with E-state index in [-0.39, 0.29) is 17.9 Å². The molecule has 2 rings (SSSR count). The molecule has 33 heavy (non-hydrogen) atoms. The van der Waals surface area contributed by atoms with Crippen molar-refractivity contribution in [2.75, 3.05) is 20.0 Å². The minimum Gasteiger partial charge on any atom is -0.497 e. The fraction of sp³-hybridized carbons (Fsp3) is 0.462. The van der Waals surface area contributed by atoms with Gasteiger partial charge in [-0.25, -0.2) is 0 Å². The Hall–Kier alpha value is -2.67. The number of methoxy groups -OCH3 is 2. The van der Waals surface area contributed by atoms with E-state index >= 15 is 0 Å². The minimum absolute atomic E-state index is 0.0459. The first-order chi connectivity index (χ1) is 15.9. The largest absolute Gasteiger partial charge is 0.497 e. The molecule has 0 aliphatic heterocycles. The van der Waals surface area contributed by atoms with Gasteiger partial charge in [-0.3, -0.25) is 9.59 Å². The van der Waals surface area contributed by atoms with Gasteiger partial charge in [0, 0.05) is 18.3 Å². The van der Waals surface area contributed by atoms with E-state index in [4.69, 9.17) is 9.47 Å². The lowest BCUT2D eigenvalue weighted by molar-refractivity contribution is -0.139. The molecule has 6 nitrogen and oxygen atoms in total. The zero-order valence-corrected chi connectivity index (χ0v) is 21.1. The molecule has 0 fully saturated rings. The quantitative estimate of drug-likeness (QED) is 0.459. The topological polar surface area (TPSA) is 67.9 Å². The summed E-state index contributed by atoms with van der Waals surface area (Å²) in [7, 11) is 3.26. The molecule has 2 amide bonds. The number of carbonyl (C=O) groups is 2. The monoisotopic (exact) mass is 472 g/mol. The van der Waals surface area contributed by atoms with Crippen molar-refractivity contribution < 1.29 is 19.1 Å². The van der Waals surface area contributed by atoms with Crippen LogP contribution in [-0.2, 0) is 21.9 Å². The van der Waals surface area contributed by atoms with Crippen molar-refractivity contribution in [1.29, 1.82) is 0 Å². The van der Waals surface area contributed by atoms with Gasteiger partial charge >= 0.3 is 0 Å². The molecule has 7 heteroatoms. The average molecular weight is 473 g/mol. The lowest BCUT2D eigenvalue weighted by Gasteiger charge is -2.31. The first-order valence-electron chi connectivity index (χ1n) is 11.3. The van der Waals surface area contributed by atoms with Crippen molar-refractivity contribution in [2.24, 2.45) is 0 Å². The maximum absolute atomic E-state index is 13.3. The number of carbonyl (C=O) groups excluding carboxylic acids is 2. The molecule has 1 N–H and O–H groups in total. The Morgan fingerprint density at radius 3 is 1.94 bits per heavy atom. The summed E-state index contributed by atoms with van der Waals surface area (Å²) in [6.45, 7) is 6.32. The van der Waals surface area contributed by atoms with Crippen LogP contribution in [0.2, 0.25) is 0 Å². The van der Waals surface area contributed by atoms with E-state index < -0.39 is 6.04 Å². The van der Waals surface area contributed by atoms with Crippen LogP contribution in [0.1, 0.15) is 44.7 Å². The Balaban J connectivity index is 2.12. The zero-order chi connectivity index (χ0) is 24.2. The van der Waals surface area contributed by atoms with Gasteiger partial charge in [0.2, 0.25) is 11.8 Å². The van der Waals surface area contributed by atoms with E-state index in [2.05, 4.69) is 5.32 Å². The van der Waals surface area contributed by atoms with E-state index in [0.29, 0.717) is 24.5 Å². The van der Waals surface area contributed by atoms with E-state index in [9.17, 15) is 9.59 Å². The number of nitrogens with zero attached hydrogens (tertiary/aromatic N) is 1. The van der Waals surface area contributed by atoms with E-state index in [1.54, 1.807) is 30.9 Å². The number of nitrogens with one attached hydrogen (secondary N) is 1. The lowest BCUT2D eigenvalue weighted by atomic mass is 10.1. The van der Waals surface area contributed by atoms with Gasteiger partial charge in [0.25, 0.3) is 0 Å². The second-order valence-corrected chi connectivity index (χ2v) is 8.94. The van der Waals surface area contributed by atoms with Crippen LogP contribution >= 0.6 is 11.8 Å². The number of rotatable bonds is 13. The molecule has 0 aromatic heterocycles. The fourth-order valence-corrected chi connectivity index (χ4v) is 4.22. The van der Waals surface area contributed by atoms with Crippen molar-refractivity contribution in [3.8, 4) is 11.5 Å². The molecule has 2 aromatic rings. The molecule has 0 heterocycles. The molecule has 0 aliphatic carbocycles. The van der Waals surface area contributed by atoms with Crippen molar-refractivity contribution in [3.63, 3.8) is 0 Å². The van der Waals surface area contributed by atoms with Gasteiger partial charge in [0.1, 0.15) is 17.5 Å². The highest BCUT2D eigenvalue weighted by molar-refractivity contribution is 7.99. The SMILES string of the molecule is CC[C@H](C)NC(=O)[C@H](CC)N(Cc1ccc(OC)cc1)C(=O)CSCc1ccc(OC)cc1. The van der Waals surface area contributed by atoms with Crippen LogP contribution < -0.4 is 14.8 Å². The standard InChI is InChI=1S/C26H36N2O4S/c1-6-19(3)27-26(30)24(7-2)28(16-20-8-12-22(31-4)13-9-20)25(29)18-33-17-21-10-14-23(32-5)15-11-21/h8-15,19,24H,6-7,16-18H2,1-5H3,(H,27,30)/t19-,24-/m0/s1. The highest BCUT2D eigenvalue weighted by Gasteiger charge is 2.29. The number of amides is 2. The van der Waals surface area contributed by atoms with E-state index in [0.717, 1.165) is 29.0 Å². The summed E-state index contributed by atoms with van der Waals surface area (Å²) in [5.41, 5.74) is 2.08. The molecule has 2 atom stereocenters. The van der Waals surface area contributed by atoms with Crippen LogP contribution in [0.15, 0.2) is 48.5 Å². The molecule has 180 valence electrons. The van der Waals surface area contributed by atoms with Crippen molar-refractivity contribution >= 4 is 23.6 Å². The smallest absolute Gasteiger partial charge is 0.243 e. The highest BCUT2D eigenvalue weighted by atomic mass is 32.2. The number of ether oxygens (including phenoxy) is 2. The normalized spacial score (nSPS) is 12.5. The van der Waals surface area contributed by atoms with Crippen LogP contribution in [0.5, 0.6) is 11.5 Å². The molecule has 0 bridgehead atoms. The van der Waals surface area contributed by atoms with E-state index in [1.807, 2.05) is 69.3 Å². The van der Waals surface area contributed by atoms with Gasteiger partial charge in [0.15, 0.2) is 0 Å². The molecular formula is C26H36N2O4S. The van der Waals surface area contributed by atoms with Gasteiger partial charge in [-0.05, 0) is 55.2 Å². The third-order valence-electron chi connectivity index (χ3n) is 5.55. The van der Waals surface area contributed by atoms with Gasteiger partial charge < -0.3 is 19.7 Å². The van der Waals surface area contributed by atoms with Crippen molar-refractivity contribution in [2.45, 2.75) is 58.0 Å². The summed E-state index contributed by atoms with van der Waals surface area (Å²) in [5, 5.41) is 3.04. The van der Waals surface area contributed by atoms with E-state index in [1.165, 1.54) is 0 Å². The Kier molecular flexibility index (Phi) is 11.1. The summed E-state index contributed by atoms with van der Waals surface area (Å²) in [4.78, 5) is 28.0. The maximum atomic E-state index is 13.3. The Morgan fingerprint density at radius 2 is 1.45 bits per heavy atom. The van der Waals surface area contributed by atoms with Gasteiger partial charge in [-0.15, -0.1) is 11.8 Å². The Labute approximate surface area is 202 Å². The molecule has 0 saturated heterocycles. The second-order valence-electron chi connectivity index (χ2n) is 7.95. The van der Waals surface area contributed by atoms with Crippen LogP contribution in [-0.4, -0.2) is 48.8 Å². The summed E-state index contributed by atoms with van der Waals surface area (Å²) in [6, 6.07) is 15.0. The highest BCUT2D eigenvalue weighted by Crippen LogP contribution is 2.20. The molecule has 0 radical (unpaired) electrons. The fourth-order valence-electron chi connectivity index (χ4n) is 3.35. The molecule has 0 aliphatic rings. The minimum atomic E-state index is -0.518. The first-order valence-corrected chi connectivity index (χ1v) is 12.5. The molecular weight excluding hydrogens is 436 g/mol. The van der Waals surface area contributed by atoms with Crippen molar-refractivity contribution in [3.05, 3.63) is 59.7 Å². The van der Waals surface area contributed by atoms with Gasteiger partial charge in [0.05, 0.1) is 20.0 Å². The Morgan fingerprint density at radius 1 is 0.909 bits per heavy atom. The molecule has 0 unspecified atom stereocenters. The van der Waals surface area contributed by atoms with Crippen LogP contribution in [0.25, 0.3) is 0 Å². The van der Waals surface area contributed by atoms with Crippen LogP contribution in [0, 0.1) is 0 Å². The first kappa shape index (κ1) is 26.6. The number of hydrogen-bond donors (Lipinski definition) is 1. The molecule has 0 spiro atoms. The zero-order valence-electron chi connectivity index (χ0n) is 20.3. The van der Waals surface area contributed by atoms with Gasteiger partial charge in [-0.1, -0.05) is 38.1 Å². The van der Waals surface area contributed by atoms with Crippen LogP contribution in [0.3, 0.4) is 0 Å². The third kappa shape index (κ3) is 8.31. The molecule has 2 aromatic carbocycles. The summed E-state index contributed by atoms with van der Waals surface area (Å²) in [5.74, 6) is 2.43. The predicted molar refractivity (Wildman–Crippen MR) is 135 cm³/mol. The lowest BCUT2D eigenvalue weighted by Crippen LogP contribution is -2.51. The predicted octanol–water partition coefficient (Wildman–Crippen LogP) is 4.66. The number of thioether (sulfide) groups is 1.